The summed E-state index contributed by atoms with van der Waals surface area (Å²) in [4.78, 5) is 23.7. The summed E-state index contributed by atoms with van der Waals surface area (Å²) >= 11 is 0. The number of fused-ring (bicyclic) bond motifs is 1. The van der Waals surface area contributed by atoms with Crippen LogP contribution in [0.2, 0.25) is 0 Å². The van der Waals surface area contributed by atoms with Crippen LogP contribution in [0.25, 0.3) is 16.8 Å². The minimum atomic E-state index is -0.367. The molecule has 0 bridgehead atoms. The maximum absolute atomic E-state index is 12.5. The summed E-state index contributed by atoms with van der Waals surface area (Å²) in [5, 5.41) is 11.1. The van der Waals surface area contributed by atoms with Crippen LogP contribution in [0.1, 0.15) is 55.3 Å². The molecule has 5 rings (SSSR count). The molecule has 0 saturated carbocycles. The van der Waals surface area contributed by atoms with Gasteiger partial charge in [0.1, 0.15) is 6.33 Å². The van der Waals surface area contributed by atoms with Gasteiger partial charge in [0.15, 0.2) is 0 Å². The van der Waals surface area contributed by atoms with Crippen molar-refractivity contribution in [2.75, 3.05) is 24.7 Å². The van der Waals surface area contributed by atoms with Crippen molar-refractivity contribution < 1.29 is 14.1 Å². The van der Waals surface area contributed by atoms with E-state index in [0.29, 0.717) is 25.1 Å². The van der Waals surface area contributed by atoms with E-state index in [4.69, 9.17) is 9.26 Å². The molecule has 1 aliphatic heterocycles. The summed E-state index contributed by atoms with van der Waals surface area (Å²) in [5.41, 5.74) is 5.63. The fourth-order valence-electron chi connectivity index (χ4n) is 4.32. The maximum atomic E-state index is 12.5. The van der Waals surface area contributed by atoms with Gasteiger partial charge in [0.2, 0.25) is 5.89 Å². The average Bonchev–Trinajstić information content (AvgIpc) is 3.51. The van der Waals surface area contributed by atoms with E-state index in [1.54, 1.807) is 6.33 Å². The second kappa shape index (κ2) is 10.5. The largest absolute Gasteiger partial charge is 0.377 e. The number of morpholine rings is 1. The van der Waals surface area contributed by atoms with Crippen molar-refractivity contribution in [1.29, 1.82) is 0 Å². The van der Waals surface area contributed by atoms with Crippen molar-refractivity contribution in [3.8, 4) is 11.3 Å². The molecule has 1 amide bonds. The Morgan fingerprint density at radius 2 is 2.05 bits per heavy atom. The lowest BCUT2D eigenvalue weighted by Crippen LogP contribution is -2.43. The molecule has 196 valence electrons. The molecule has 1 aromatic carbocycles. The zero-order chi connectivity index (χ0) is 25.4. The van der Waals surface area contributed by atoms with Gasteiger partial charge in [0.05, 0.1) is 36.3 Å². The number of anilines is 1. The number of carbonyl (C=O) groups excluding carboxylic acids is 1. The predicted molar refractivity (Wildman–Crippen MR) is 142 cm³/mol. The molecular weight excluding hydrogens is 494 g/mol. The molecule has 3 aromatic heterocycles. The number of benzene rings is 1. The molecule has 0 radical (unpaired) electrons. The zero-order valence-corrected chi connectivity index (χ0v) is 22.5. The lowest BCUT2D eigenvalue weighted by Gasteiger charge is -2.34. The Hall–Kier alpha value is -3.50. The number of halogens is 1. The van der Waals surface area contributed by atoms with E-state index in [1.807, 2.05) is 50.5 Å². The number of nitrogens with zero attached hydrogens (tertiary/aromatic N) is 6. The predicted octanol–water partition coefficient (Wildman–Crippen LogP) is 3.96. The Labute approximate surface area is 221 Å². The third-order valence-corrected chi connectivity index (χ3v) is 6.42. The third-order valence-electron chi connectivity index (χ3n) is 6.42. The molecular formula is C26H32ClN7O3. The van der Waals surface area contributed by atoms with Crippen LogP contribution in [0.5, 0.6) is 0 Å². The van der Waals surface area contributed by atoms with Crippen LogP contribution >= 0.6 is 12.4 Å². The number of aryl methyl sites for hydroxylation is 1. The smallest absolute Gasteiger partial charge is 0.292 e. The quantitative estimate of drug-likeness (QED) is 0.417. The first-order chi connectivity index (χ1) is 17.2. The summed E-state index contributed by atoms with van der Waals surface area (Å²) < 4.78 is 12.7. The standard InChI is InChI=1S/C26H31N7O3.ClH/c1-16-10-18(6-7-19(16)12-27-24(34)23-30-25(36-31-23)26(3,4)5)22-21-11-20(13-33(21)29-15-28-22)32-8-9-35-14-17(32)2;/h6-7,10-11,13,15,17H,8-9,12,14H2,1-5H3,(H,27,34);1H. The fraction of sp³-hybridized carbons (Fsp3) is 0.423. The van der Waals surface area contributed by atoms with Gasteiger partial charge in [-0.25, -0.2) is 9.50 Å². The van der Waals surface area contributed by atoms with Crippen LogP contribution in [-0.4, -0.2) is 56.4 Å². The normalized spacial score (nSPS) is 16.0. The third kappa shape index (κ3) is 5.45. The van der Waals surface area contributed by atoms with E-state index in [2.05, 4.69) is 49.5 Å². The van der Waals surface area contributed by atoms with Crippen LogP contribution in [-0.2, 0) is 16.7 Å². The molecule has 1 atom stereocenters. The fourth-order valence-corrected chi connectivity index (χ4v) is 4.32. The first-order valence-corrected chi connectivity index (χ1v) is 12.1. The van der Waals surface area contributed by atoms with Gasteiger partial charge in [-0.1, -0.05) is 38.1 Å². The van der Waals surface area contributed by atoms with Gasteiger partial charge in [-0.2, -0.15) is 10.1 Å². The molecule has 0 aliphatic carbocycles. The van der Waals surface area contributed by atoms with Gasteiger partial charge in [0.25, 0.3) is 11.7 Å². The van der Waals surface area contributed by atoms with Crippen LogP contribution in [0.4, 0.5) is 5.69 Å². The van der Waals surface area contributed by atoms with Gasteiger partial charge < -0.3 is 19.5 Å². The van der Waals surface area contributed by atoms with E-state index in [-0.39, 0.29) is 29.6 Å². The highest BCUT2D eigenvalue weighted by Crippen LogP contribution is 2.29. The topological polar surface area (TPSA) is 111 Å². The summed E-state index contributed by atoms with van der Waals surface area (Å²) in [6, 6.07) is 8.55. The second-order valence-electron chi connectivity index (χ2n) is 10.3. The number of carbonyl (C=O) groups is 1. The molecule has 1 saturated heterocycles. The van der Waals surface area contributed by atoms with E-state index in [0.717, 1.165) is 46.7 Å². The number of aromatic nitrogens is 5. The summed E-state index contributed by atoms with van der Waals surface area (Å²) in [7, 11) is 0. The van der Waals surface area contributed by atoms with Crippen molar-refractivity contribution in [2.24, 2.45) is 0 Å². The minimum absolute atomic E-state index is 0. The number of amides is 1. The van der Waals surface area contributed by atoms with Gasteiger partial charge in [-0.05, 0) is 37.1 Å². The number of rotatable bonds is 5. The number of nitrogens with one attached hydrogen (secondary N) is 1. The van der Waals surface area contributed by atoms with E-state index in [1.165, 1.54) is 0 Å². The molecule has 37 heavy (non-hydrogen) atoms. The second-order valence-corrected chi connectivity index (χ2v) is 10.3. The van der Waals surface area contributed by atoms with Gasteiger partial charge in [-0.3, -0.25) is 4.79 Å². The highest BCUT2D eigenvalue weighted by molar-refractivity contribution is 5.90. The molecule has 1 N–H and O–H groups in total. The Balaban J connectivity index is 0.00000320. The Morgan fingerprint density at radius 3 is 2.76 bits per heavy atom. The monoisotopic (exact) mass is 525 g/mol. The molecule has 0 spiro atoms. The van der Waals surface area contributed by atoms with Crippen molar-refractivity contribution in [1.82, 2.24) is 30.1 Å². The Kier molecular flexibility index (Phi) is 7.52. The molecule has 4 heterocycles. The maximum Gasteiger partial charge on any atom is 0.292 e. The molecule has 1 unspecified atom stereocenters. The average molecular weight is 526 g/mol. The molecule has 1 fully saturated rings. The SMILES string of the molecule is Cc1cc(-c2ncnn3cc(N4CCOCC4C)cc23)ccc1CNC(=O)c1noc(C(C)(C)C)n1.Cl. The Morgan fingerprint density at radius 1 is 1.24 bits per heavy atom. The summed E-state index contributed by atoms with van der Waals surface area (Å²) in [6.45, 7) is 12.7. The van der Waals surface area contributed by atoms with Crippen LogP contribution < -0.4 is 10.2 Å². The zero-order valence-electron chi connectivity index (χ0n) is 21.7. The van der Waals surface area contributed by atoms with Crippen LogP contribution in [0.15, 0.2) is 41.3 Å². The van der Waals surface area contributed by atoms with Crippen LogP contribution in [0, 0.1) is 6.92 Å². The highest BCUT2D eigenvalue weighted by atomic mass is 35.5. The highest BCUT2D eigenvalue weighted by Gasteiger charge is 2.24. The van der Waals surface area contributed by atoms with E-state index < -0.39 is 0 Å². The lowest BCUT2D eigenvalue weighted by atomic mass is 9.97. The van der Waals surface area contributed by atoms with Crippen molar-refractivity contribution in [3.63, 3.8) is 0 Å². The minimum Gasteiger partial charge on any atom is -0.377 e. The van der Waals surface area contributed by atoms with Crippen LogP contribution in [0.3, 0.4) is 0 Å². The van der Waals surface area contributed by atoms with Crippen molar-refractivity contribution in [3.05, 3.63) is 59.6 Å². The summed E-state index contributed by atoms with van der Waals surface area (Å²) in [5.74, 6) is 0.102. The van der Waals surface area contributed by atoms with Gasteiger partial charge >= 0.3 is 0 Å². The number of ether oxygens (including phenoxy) is 1. The molecule has 4 aromatic rings. The Bertz CT molecular complexity index is 1410. The number of hydrogen-bond acceptors (Lipinski definition) is 8. The first-order valence-electron chi connectivity index (χ1n) is 12.1. The van der Waals surface area contributed by atoms with E-state index in [9.17, 15) is 4.79 Å². The number of hydrogen-bond donors (Lipinski definition) is 1. The van der Waals surface area contributed by atoms with Crippen molar-refractivity contribution in [2.45, 2.75) is 52.6 Å². The molecule has 11 heteroatoms. The first kappa shape index (κ1) is 26.6. The lowest BCUT2D eigenvalue weighted by molar-refractivity contribution is 0.0937. The summed E-state index contributed by atoms with van der Waals surface area (Å²) in [6.07, 6.45) is 3.62. The van der Waals surface area contributed by atoms with Crippen molar-refractivity contribution >= 4 is 29.5 Å². The van der Waals surface area contributed by atoms with Gasteiger partial charge in [0, 0.05) is 30.1 Å². The molecule has 1 aliphatic rings. The van der Waals surface area contributed by atoms with E-state index >= 15 is 0 Å². The molecule has 10 nitrogen and oxygen atoms in total. The van der Waals surface area contributed by atoms with Gasteiger partial charge in [-0.15, -0.1) is 12.4 Å².